The maximum atomic E-state index is 12.0. The van der Waals surface area contributed by atoms with E-state index < -0.39 is 5.60 Å². The number of carbonyl (C=O) groups excluding carboxylic acids is 1. The second-order valence-corrected chi connectivity index (χ2v) is 7.80. The van der Waals surface area contributed by atoms with Crippen molar-refractivity contribution < 1.29 is 9.53 Å². The molecule has 1 amide bonds. The molecule has 2 rings (SSSR count). The highest BCUT2D eigenvalue weighted by Gasteiger charge is 2.29. The van der Waals surface area contributed by atoms with Gasteiger partial charge in [-0.2, -0.15) is 0 Å². The number of rotatable bonds is 3. The normalized spacial score (nSPS) is 18.6. The number of ether oxygens (including phenoxy) is 1. The number of carbonyl (C=O) groups is 1. The van der Waals surface area contributed by atoms with Gasteiger partial charge in [0.05, 0.1) is 5.02 Å². The highest BCUT2D eigenvalue weighted by molar-refractivity contribution is 9.10. The van der Waals surface area contributed by atoms with Gasteiger partial charge in [0.1, 0.15) is 5.60 Å². The Kier molecular flexibility index (Phi) is 5.75. The predicted molar refractivity (Wildman–Crippen MR) is 92.2 cm³/mol. The molecular weight excluding hydrogens is 368 g/mol. The van der Waals surface area contributed by atoms with E-state index in [0.717, 1.165) is 29.5 Å². The summed E-state index contributed by atoms with van der Waals surface area (Å²) in [6, 6.07) is 6.21. The molecule has 1 saturated heterocycles. The lowest BCUT2D eigenvalue weighted by atomic mass is 10.2. The van der Waals surface area contributed by atoms with Crippen molar-refractivity contribution in [2.45, 2.75) is 45.4 Å². The molecule has 22 heavy (non-hydrogen) atoms. The van der Waals surface area contributed by atoms with Gasteiger partial charge in [-0.05, 0) is 60.8 Å². The first kappa shape index (κ1) is 17.6. The summed E-state index contributed by atoms with van der Waals surface area (Å²) < 4.78 is 6.30. The SMILES string of the molecule is CC(C)(C)OC(=O)N1CCC(NCc2ccc(Br)c(Cl)c2)C1. The van der Waals surface area contributed by atoms with E-state index in [1.807, 2.05) is 39.0 Å². The largest absolute Gasteiger partial charge is 0.444 e. The van der Waals surface area contributed by atoms with Crippen LogP contribution in [0.15, 0.2) is 22.7 Å². The van der Waals surface area contributed by atoms with Crippen LogP contribution in [0.2, 0.25) is 5.02 Å². The standard InChI is InChI=1S/C16H22BrClN2O2/c1-16(2,3)22-15(21)20-7-6-12(10-20)19-9-11-4-5-13(17)14(18)8-11/h4-5,8,12,19H,6-7,9-10H2,1-3H3. The van der Waals surface area contributed by atoms with Crippen molar-refractivity contribution in [3.8, 4) is 0 Å². The average molecular weight is 390 g/mol. The smallest absolute Gasteiger partial charge is 0.410 e. The molecule has 4 nitrogen and oxygen atoms in total. The molecule has 1 atom stereocenters. The maximum absolute atomic E-state index is 12.0. The molecule has 0 aromatic heterocycles. The Hall–Kier alpha value is -0.780. The minimum absolute atomic E-state index is 0.233. The molecule has 1 aliphatic heterocycles. The fourth-order valence-corrected chi connectivity index (χ4v) is 2.78. The third kappa shape index (κ3) is 5.14. The Morgan fingerprint density at radius 1 is 1.50 bits per heavy atom. The molecule has 122 valence electrons. The third-order valence-corrected chi connectivity index (χ3v) is 4.65. The van der Waals surface area contributed by atoms with Crippen LogP contribution >= 0.6 is 27.5 Å². The molecule has 1 N–H and O–H groups in total. The van der Waals surface area contributed by atoms with Gasteiger partial charge < -0.3 is 15.0 Å². The maximum Gasteiger partial charge on any atom is 0.410 e. The summed E-state index contributed by atoms with van der Waals surface area (Å²) in [6.07, 6.45) is 0.701. The molecule has 1 aromatic carbocycles. The van der Waals surface area contributed by atoms with E-state index in [1.54, 1.807) is 4.90 Å². The molecular formula is C16H22BrClN2O2. The van der Waals surface area contributed by atoms with Crippen LogP contribution < -0.4 is 5.32 Å². The van der Waals surface area contributed by atoms with Crippen LogP contribution in [0.1, 0.15) is 32.8 Å². The summed E-state index contributed by atoms with van der Waals surface area (Å²) in [4.78, 5) is 13.8. The van der Waals surface area contributed by atoms with Gasteiger partial charge in [0.15, 0.2) is 0 Å². The lowest BCUT2D eigenvalue weighted by Crippen LogP contribution is -2.38. The lowest BCUT2D eigenvalue weighted by Gasteiger charge is -2.24. The van der Waals surface area contributed by atoms with Gasteiger partial charge >= 0.3 is 6.09 Å². The Labute approximate surface area is 145 Å². The Balaban J connectivity index is 1.81. The Morgan fingerprint density at radius 2 is 2.23 bits per heavy atom. The zero-order valence-corrected chi connectivity index (χ0v) is 15.5. The molecule has 0 bridgehead atoms. The van der Waals surface area contributed by atoms with Crippen molar-refractivity contribution in [1.29, 1.82) is 0 Å². The highest BCUT2D eigenvalue weighted by Crippen LogP contribution is 2.23. The first-order chi connectivity index (χ1) is 10.2. The van der Waals surface area contributed by atoms with Gasteiger partial charge in [0.25, 0.3) is 0 Å². The van der Waals surface area contributed by atoms with E-state index >= 15 is 0 Å². The quantitative estimate of drug-likeness (QED) is 0.842. The topological polar surface area (TPSA) is 41.6 Å². The van der Waals surface area contributed by atoms with Crippen LogP contribution in [0, 0.1) is 0 Å². The number of amides is 1. The second kappa shape index (κ2) is 7.20. The third-order valence-electron chi connectivity index (χ3n) is 3.42. The van der Waals surface area contributed by atoms with E-state index in [4.69, 9.17) is 16.3 Å². The zero-order valence-electron chi connectivity index (χ0n) is 13.2. The molecule has 0 saturated carbocycles. The molecule has 1 heterocycles. The summed E-state index contributed by atoms with van der Waals surface area (Å²) in [7, 11) is 0. The number of hydrogen-bond acceptors (Lipinski definition) is 3. The van der Waals surface area contributed by atoms with E-state index in [-0.39, 0.29) is 12.1 Å². The second-order valence-electron chi connectivity index (χ2n) is 6.54. The zero-order chi connectivity index (χ0) is 16.3. The number of hydrogen-bond donors (Lipinski definition) is 1. The van der Waals surface area contributed by atoms with E-state index in [1.165, 1.54) is 0 Å². The minimum atomic E-state index is -0.448. The van der Waals surface area contributed by atoms with Gasteiger partial charge in [-0.1, -0.05) is 17.7 Å². The van der Waals surface area contributed by atoms with Crippen LogP contribution in [0.4, 0.5) is 4.79 Å². The molecule has 6 heteroatoms. The summed E-state index contributed by atoms with van der Waals surface area (Å²) in [5, 5.41) is 4.18. The number of benzene rings is 1. The van der Waals surface area contributed by atoms with Crippen LogP contribution in [0.5, 0.6) is 0 Å². The fraction of sp³-hybridized carbons (Fsp3) is 0.562. The summed E-state index contributed by atoms with van der Waals surface area (Å²) >= 11 is 9.48. The van der Waals surface area contributed by atoms with Gasteiger partial charge in [0, 0.05) is 30.1 Å². The molecule has 1 fully saturated rings. The Bertz CT molecular complexity index is 545. The summed E-state index contributed by atoms with van der Waals surface area (Å²) in [6.45, 7) is 7.79. The number of nitrogens with one attached hydrogen (secondary N) is 1. The monoisotopic (exact) mass is 388 g/mol. The minimum Gasteiger partial charge on any atom is -0.444 e. The van der Waals surface area contributed by atoms with Crippen molar-refractivity contribution in [3.63, 3.8) is 0 Å². The van der Waals surface area contributed by atoms with Crippen LogP contribution in [-0.2, 0) is 11.3 Å². The predicted octanol–water partition coefficient (Wildman–Crippen LogP) is 4.20. The van der Waals surface area contributed by atoms with Crippen LogP contribution in [0.25, 0.3) is 0 Å². The first-order valence-electron chi connectivity index (χ1n) is 7.40. The summed E-state index contributed by atoms with van der Waals surface area (Å²) in [5.41, 5.74) is 0.681. The van der Waals surface area contributed by atoms with Crippen LogP contribution in [0.3, 0.4) is 0 Å². The number of halogens is 2. The van der Waals surface area contributed by atoms with Gasteiger partial charge in [0.2, 0.25) is 0 Å². The highest BCUT2D eigenvalue weighted by atomic mass is 79.9. The van der Waals surface area contributed by atoms with Crippen molar-refractivity contribution in [3.05, 3.63) is 33.3 Å². The van der Waals surface area contributed by atoms with Crippen molar-refractivity contribution in [1.82, 2.24) is 10.2 Å². The molecule has 1 aromatic rings. The molecule has 0 spiro atoms. The van der Waals surface area contributed by atoms with E-state index in [9.17, 15) is 4.79 Å². The van der Waals surface area contributed by atoms with Crippen molar-refractivity contribution in [2.75, 3.05) is 13.1 Å². The molecule has 0 radical (unpaired) electrons. The number of likely N-dealkylation sites (tertiary alicyclic amines) is 1. The van der Waals surface area contributed by atoms with E-state index in [2.05, 4.69) is 21.2 Å². The molecule has 1 aliphatic rings. The van der Waals surface area contributed by atoms with Crippen molar-refractivity contribution in [2.24, 2.45) is 0 Å². The van der Waals surface area contributed by atoms with Gasteiger partial charge in [-0.25, -0.2) is 4.79 Å². The first-order valence-corrected chi connectivity index (χ1v) is 8.57. The Morgan fingerprint density at radius 3 is 2.86 bits per heavy atom. The summed E-state index contributed by atoms with van der Waals surface area (Å²) in [5.74, 6) is 0. The number of nitrogens with zero attached hydrogens (tertiary/aromatic N) is 1. The van der Waals surface area contributed by atoms with Crippen molar-refractivity contribution >= 4 is 33.6 Å². The lowest BCUT2D eigenvalue weighted by molar-refractivity contribution is 0.0291. The fourth-order valence-electron chi connectivity index (χ4n) is 2.33. The molecule has 0 aliphatic carbocycles. The van der Waals surface area contributed by atoms with Gasteiger partial charge in [-0.3, -0.25) is 0 Å². The van der Waals surface area contributed by atoms with Crippen LogP contribution in [-0.4, -0.2) is 35.7 Å². The van der Waals surface area contributed by atoms with E-state index in [0.29, 0.717) is 11.6 Å². The molecule has 1 unspecified atom stereocenters. The van der Waals surface area contributed by atoms with Gasteiger partial charge in [-0.15, -0.1) is 0 Å². The average Bonchev–Trinajstić information content (AvgIpc) is 2.87.